The Hall–Kier alpha value is -2.01. The summed E-state index contributed by atoms with van der Waals surface area (Å²) in [6.45, 7) is 8.81. The summed E-state index contributed by atoms with van der Waals surface area (Å²) in [6.07, 6.45) is 2.63. The van der Waals surface area contributed by atoms with E-state index in [2.05, 4.69) is 25.1 Å². The van der Waals surface area contributed by atoms with Crippen molar-refractivity contribution >= 4 is 11.7 Å². The van der Waals surface area contributed by atoms with E-state index >= 15 is 0 Å². The second-order valence-electron chi connectivity index (χ2n) is 7.72. The van der Waals surface area contributed by atoms with Crippen LogP contribution in [0.25, 0.3) is 5.57 Å². The van der Waals surface area contributed by atoms with Crippen LogP contribution in [0.3, 0.4) is 0 Å². The van der Waals surface area contributed by atoms with Gasteiger partial charge in [0, 0.05) is 0 Å². The molecule has 1 aromatic carbocycles. The minimum atomic E-state index is -0.500. The van der Waals surface area contributed by atoms with Gasteiger partial charge in [-0.1, -0.05) is 12.1 Å². The van der Waals surface area contributed by atoms with Gasteiger partial charge in [0.15, 0.2) is 0 Å². The van der Waals surface area contributed by atoms with Gasteiger partial charge in [0.1, 0.15) is 11.4 Å². The fourth-order valence-corrected chi connectivity index (χ4v) is 3.47. The van der Waals surface area contributed by atoms with Crippen LogP contribution in [0.1, 0.15) is 38.3 Å². The molecule has 2 heterocycles. The predicted octanol–water partition coefficient (Wildman–Crippen LogP) is 3.80. The van der Waals surface area contributed by atoms with Crippen LogP contribution in [0.4, 0.5) is 4.79 Å². The maximum atomic E-state index is 12.6. The summed E-state index contributed by atoms with van der Waals surface area (Å²) >= 11 is 0. The summed E-state index contributed by atoms with van der Waals surface area (Å²) in [5, 5.41) is 0. The highest BCUT2D eigenvalue weighted by molar-refractivity contribution is 5.76. The van der Waals surface area contributed by atoms with Crippen LogP contribution in [0, 0.1) is 6.92 Å². The van der Waals surface area contributed by atoms with Crippen LogP contribution < -0.4 is 4.74 Å². The first kappa shape index (κ1) is 17.8. The summed E-state index contributed by atoms with van der Waals surface area (Å²) in [4.78, 5) is 14.5. The molecular formula is C20H27NO4. The van der Waals surface area contributed by atoms with Crippen molar-refractivity contribution in [1.82, 2.24) is 4.90 Å². The zero-order valence-corrected chi connectivity index (χ0v) is 15.7. The molecule has 2 aliphatic rings. The van der Waals surface area contributed by atoms with Gasteiger partial charge in [0.2, 0.25) is 0 Å². The molecule has 2 aliphatic heterocycles. The Morgan fingerprint density at radius 1 is 1.28 bits per heavy atom. The number of hydrogen-bond donors (Lipinski definition) is 0. The van der Waals surface area contributed by atoms with Gasteiger partial charge in [0.25, 0.3) is 0 Å². The van der Waals surface area contributed by atoms with E-state index in [1.807, 2.05) is 31.7 Å². The molecule has 0 spiro atoms. The number of rotatable bonds is 2. The highest BCUT2D eigenvalue weighted by atomic mass is 16.6. The van der Waals surface area contributed by atoms with Crippen LogP contribution in [0.5, 0.6) is 5.75 Å². The Labute approximate surface area is 149 Å². The number of amides is 1. The Balaban J connectivity index is 1.90. The van der Waals surface area contributed by atoms with Crippen LogP contribution in [-0.2, 0) is 9.47 Å². The monoisotopic (exact) mass is 345 g/mol. The molecule has 0 aromatic heterocycles. The molecule has 1 amide bonds. The molecule has 1 saturated heterocycles. The summed E-state index contributed by atoms with van der Waals surface area (Å²) in [5.41, 5.74) is 3.13. The molecule has 5 heteroatoms. The lowest BCUT2D eigenvalue weighted by molar-refractivity contribution is -0.0510. The third-order valence-electron chi connectivity index (χ3n) is 4.59. The van der Waals surface area contributed by atoms with Gasteiger partial charge in [-0.3, -0.25) is 4.90 Å². The van der Waals surface area contributed by atoms with Crippen molar-refractivity contribution in [2.75, 3.05) is 20.3 Å². The maximum Gasteiger partial charge on any atom is 0.411 e. The Bertz CT molecular complexity index is 689. The molecule has 5 nitrogen and oxygen atoms in total. The average molecular weight is 345 g/mol. The molecule has 25 heavy (non-hydrogen) atoms. The maximum absolute atomic E-state index is 12.6. The molecule has 0 saturated carbocycles. The average Bonchev–Trinajstić information content (AvgIpc) is 2.52. The van der Waals surface area contributed by atoms with E-state index in [-0.39, 0.29) is 18.2 Å². The van der Waals surface area contributed by atoms with Gasteiger partial charge in [-0.05, 0) is 62.9 Å². The highest BCUT2D eigenvalue weighted by Crippen LogP contribution is 2.35. The fourth-order valence-electron chi connectivity index (χ4n) is 3.47. The van der Waals surface area contributed by atoms with Gasteiger partial charge in [0.05, 0.1) is 32.4 Å². The largest absolute Gasteiger partial charge is 0.497 e. The van der Waals surface area contributed by atoms with Crippen LogP contribution in [0.2, 0.25) is 0 Å². The van der Waals surface area contributed by atoms with Gasteiger partial charge >= 0.3 is 6.09 Å². The van der Waals surface area contributed by atoms with E-state index < -0.39 is 5.60 Å². The molecule has 136 valence electrons. The third-order valence-corrected chi connectivity index (χ3v) is 4.59. The van der Waals surface area contributed by atoms with Crippen molar-refractivity contribution in [3.05, 3.63) is 35.4 Å². The fraction of sp³-hybridized carbons (Fsp3) is 0.550. The van der Waals surface area contributed by atoms with E-state index in [1.54, 1.807) is 7.11 Å². The van der Waals surface area contributed by atoms with Crippen molar-refractivity contribution in [3.8, 4) is 5.75 Å². The lowest BCUT2D eigenvalue weighted by atomic mass is 9.88. The number of fused-ring (bicyclic) bond motifs is 2. The third kappa shape index (κ3) is 3.82. The van der Waals surface area contributed by atoms with Gasteiger partial charge in [-0.15, -0.1) is 0 Å². The molecule has 0 radical (unpaired) electrons. The number of methoxy groups -OCH3 is 1. The lowest BCUT2D eigenvalue weighted by Crippen LogP contribution is -2.57. The number of carbonyl (C=O) groups excluding carboxylic acids is 1. The van der Waals surface area contributed by atoms with E-state index in [4.69, 9.17) is 14.2 Å². The van der Waals surface area contributed by atoms with Crippen molar-refractivity contribution in [3.63, 3.8) is 0 Å². The molecule has 0 aliphatic carbocycles. The van der Waals surface area contributed by atoms with Crippen LogP contribution >= 0.6 is 0 Å². The minimum absolute atomic E-state index is 0.000740. The molecular weight excluding hydrogens is 318 g/mol. The molecule has 2 unspecified atom stereocenters. The van der Waals surface area contributed by atoms with E-state index in [1.165, 1.54) is 16.7 Å². The number of benzene rings is 1. The molecule has 3 rings (SSSR count). The summed E-state index contributed by atoms with van der Waals surface area (Å²) < 4.78 is 16.7. The van der Waals surface area contributed by atoms with Crippen LogP contribution in [-0.4, -0.2) is 49.0 Å². The van der Waals surface area contributed by atoms with E-state index in [9.17, 15) is 4.79 Å². The molecule has 2 bridgehead atoms. The highest BCUT2D eigenvalue weighted by Gasteiger charge is 2.40. The number of carbonyl (C=O) groups is 1. The summed E-state index contributed by atoms with van der Waals surface area (Å²) in [7, 11) is 1.68. The zero-order valence-electron chi connectivity index (χ0n) is 15.7. The zero-order chi connectivity index (χ0) is 18.2. The number of aryl methyl sites for hydroxylation is 1. The number of hydrogen-bond acceptors (Lipinski definition) is 4. The van der Waals surface area contributed by atoms with Gasteiger partial charge in [-0.25, -0.2) is 4.79 Å². The first-order valence-corrected chi connectivity index (χ1v) is 8.73. The van der Waals surface area contributed by atoms with Crippen molar-refractivity contribution < 1.29 is 19.0 Å². The van der Waals surface area contributed by atoms with Gasteiger partial charge < -0.3 is 14.2 Å². The lowest BCUT2D eigenvalue weighted by Gasteiger charge is -2.44. The second kappa shape index (κ2) is 6.71. The molecule has 0 N–H and O–H groups in total. The SMILES string of the molecule is COc1ccc(C)c(C2=CC3COCC(C2)N3C(=O)OC(C)(C)C)c1. The van der Waals surface area contributed by atoms with Crippen molar-refractivity contribution in [2.24, 2.45) is 0 Å². The second-order valence-corrected chi connectivity index (χ2v) is 7.72. The first-order chi connectivity index (χ1) is 11.8. The molecule has 2 atom stereocenters. The minimum Gasteiger partial charge on any atom is -0.497 e. The number of ether oxygens (including phenoxy) is 3. The quantitative estimate of drug-likeness (QED) is 0.818. The first-order valence-electron chi connectivity index (χ1n) is 8.73. The Morgan fingerprint density at radius 3 is 2.68 bits per heavy atom. The normalized spacial score (nSPS) is 23.1. The predicted molar refractivity (Wildman–Crippen MR) is 96.8 cm³/mol. The summed E-state index contributed by atoms with van der Waals surface area (Å²) in [5.74, 6) is 0.845. The number of morpholine rings is 1. The molecule has 1 aromatic rings. The standard InChI is InChI=1S/C20H27NO4/c1-13-6-7-17(23-5)10-18(13)14-8-15-11-24-12-16(9-14)21(15)19(22)25-20(2,3)4/h6-8,10,15-16H,9,11-12H2,1-5H3. The van der Waals surface area contributed by atoms with Crippen molar-refractivity contribution in [2.45, 2.75) is 51.8 Å². The smallest absolute Gasteiger partial charge is 0.411 e. The van der Waals surface area contributed by atoms with E-state index in [0.717, 1.165) is 12.2 Å². The number of nitrogens with zero attached hydrogens (tertiary/aromatic N) is 1. The Morgan fingerprint density at radius 2 is 2.04 bits per heavy atom. The molecule has 1 fully saturated rings. The summed E-state index contributed by atoms with van der Waals surface area (Å²) in [6, 6.07) is 6.02. The topological polar surface area (TPSA) is 48.0 Å². The van der Waals surface area contributed by atoms with Crippen LogP contribution in [0.15, 0.2) is 24.3 Å². The van der Waals surface area contributed by atoms with Gasteiger partial charge in [-0.2, -0.15) is 0 Å². The van der Waals surface area contributed by atoms with Crippen molar-refractivity contribution in [1.29, 1.82) is 0 Å². The Kier molecular flexibility index (Phi) is 4.78. The van der Waals surface area contributed by atoms with E-state index in [0.29, 0.717) is 13.2 Å².